The van der Waals surface area contributed by atoms with Gasteiger partial charge in [-0.1, -0.05) is 0 Å². The van der Waals surface area contributed by atoms with Crippen molar-refractivity contribution < 1.29 is 18.0 Å². The standard InChI is InChI=1S/C14H28O4Si.H4Si/c1-4-15-19(16-5-2,17-6-3)10-9-12-7-8-13-14(11-12)18-13;/h12-14H,4-11H2,1-3H3;1H4. The van der Waals surface area contributed by atoms with Gasteiger partial charge in [0.1, 0.15) is 0 Å². The summed E-state index contributed by atoms with van der Waals surface area (Å²) in [6.07, 6.45) is 6.04. The lowest BCUT2D eigenvalue weighted by Gasteiger charge is -2.30. The Morgan fingerprint density at radius 2 is 1.55 bits per heavy atom. The second kappa shape index (κ2) is 8.65. The number of hydrogen-bond donors (Lipinski definition) is 0. The van der Waals surface area contributed by atoms with Crippen molar-refractivity contribution in [3.05, 3.63) is 0 Å². The van der Waals surface area contributed by atoms with E-state index in [1.165, 1.54) is 19.3 Å². The molecule has 20 heavy (non-hydrogen) atoms. The SMILES string of the molecule is CCO[Si](CCC1CCC2OC2C1)(OCC)OCC.[SiH4]. The van der Waals surface area contributed by atoms with E-state index in [-0.39, 0.29) is 11.0 Å². The third-order valence-corrected chi connectivity index (χ3v) is 7.15. The Morgan fingerprint density at radius 3 is 2.05 bits per heavy atom. The van der Waals surface area contributed by atoms with Gasteiger partial charge in [-0.25, -0.2) is 0 Å². The van der Waals surface area contributed by atoms with Crippen LogP contribution in [0, 0.1) is 5.92 Å². The van der Waals surface area contributed by atoms with Crippen LogP contribution >= 0.6 is 0 Å². The fourth-order valence-electron chi connectivity index (χ4n) is 3.13. The maximum absolute atomic E-state index is 5.90. The Kier molecular flexibility index (Phi) is 7.93. The number of rotatable bonds is 9. The van der Waals surface area contributed by atoms with Crippen LogP contribution in [0.5, 0.6) is 0 Å². The van der Waals surface area contributed by atoms with Gasteiger partial charge in [0.15, 0.2) is 0 Å². The monoisotopic (exact) mass is 320 g/mol. The third-order valence-electron chi connectivity index (χ3n) is 4.06. The van der Waals surface area contributed by atoms with Gasteiger partial charge in [-0.15, -0.1) is 0 Å². The lowest BCUT2D eigenvalue weighted by atomic mass is 9.88. The highest BCUT2D eigenvalue weighted by molar-refractivity contribution is 6.60. The summed E-state index contributed by atoms with van der Waals surface area (Å²) >= 11 is 0. The molecule has 2 aliphatic rings. The Labute approximate surface area is 128 Å². The van der Waals surface area contributed by atoms with Crippen LogP contribution in [-0.4, -0.2) is 51.8 Å². The Hall–Kier alpha value is 0.274. The molecule has 120 valence electrons. The number of ether oxygens (including phenoxy) is 1. The van der Waals surface area contributed by atoms with Crippen molar-refractivity contribution >= 4 is 19.8 Å². The van der Waals surface area contributed by atoms with Crippen molar-refractivity contribution in [1.82, 2.24) is 0 Å². The molecular formula is C14H32O4Si2. The van der Waals surface area contributed by atoms with Gasteiger partial charge in [0.25, 0.3) is 0 Å². The zero-order valence-corrected chi connectivity index (χ0v) is 13.5. The largest absolute Gasteiger partial charge is 0.500 e. The molecule has 1 aliphatic carbocycles. The first-order valence-corrected chi connectivity index (χ1v) is 9.73. The predicted molar refractivity (Wildman–Crippen MR) is 87.4 cm³/mol. The average Bonchev–Trinajstić information content (AvgIpc) is 3.16. The van der Waals surface area contributed by atoms with E-state index >= 15 is 0 Å². The fourth-order valence-corrected chi connectivity index (χ4v) is 5.90. The molecule has 4 nitrogen and oxygen atoms in total. The topological polar surface area (TPSA) is 40.2 Å². The minimum Gasteiger partial charge on any atom is -0.374 e. The van der Waals surface area contributed by atoms with E-state index in [2.05, 4.69) is 0 Å². The van der Waals surface area contributed by atoms with Crippen LogP contribution in [0.25, 0.3) is 0 Å². The van der Waals surface area contributed by atoms with Crippen LogP contribution in [0.1, 0.15) is 46.5 Å². The van der Waals surface area contributed by atoms with Gasteiger partial charge in [0.2, 0.25) is 0 Å². The highest BCUT2D eigenvalue weighted by Gasteiger charge is 2.46. The van der Waals surface area contributed by atoms with Crippen molar-refractivity contribution in [2.24, 2.45) is 5.92 Å². The number of fused-ring (bicyclic) bond motifs is 1. The first-order chi connectivity index (χ1) is 9.23. The Bertz CT molecular complexity index is 261. The molecule has 1 heterocycles. The van der Waals surface area contributed by atoms with Crippen LogP contribution in [0.2, 0.25) is 6.04 Å². The van der Waals surface area contributed by atoms with Crippen LogP contribution in [0.3, 0.4) is 0 Å². The first-order valence-electron chi connectivity index (χ1n) is 7.80. The van der Waals surface area contributed by atoms with Crippen molar-refractivity contribution in [3.8, 4) is 0 Å². The molecule has 3 unspecified atom stereocenters. The molecule has 0 aromatic carbocycles. The number of epoxide rings is 1. The quantitative estimate of drug-likeness (QED) is 0.477. The highest BCUT2D eigenvalue weighted by atomic mass is 28.4. The van der Waals surface area contributed by atoms with E-state index in [1.807, 2.05) is 20.8 Å². The lowest BCUT2D eigenvalue weighted by Crippen LogP contribution is -2.46. The predicted octanol–water partition coefficient (Wildman–Crippen LogP) is 1.54. The van der Waals surface area contributed by atoms with Gasteiger partial charge < -0.3 is 18.0 Å². The summed E-state index contributed by atoms with van der Waals surface area (Å²) in [5.41, 5.74) is 0. The minimum atomic E-state index is -2.43. The smallest absolute Gasteiger partial charge is 0.374 e. The summed E-state index contributed by atoms with van der Waals surface area (Å²) in [6.45, 7) is 8.06. The molecule has 1 saturated carbocycles. The summed E-state index contributed by atoms with van der Waals surface area (Å²) in [6, 6.07) is 0.949. The van der Waals surface area contributed by atoms with E-state index < -0.39 is 8.80 Å². The Balaban J connectivity index is 0.00000200. The second-order valence-electron chi connectivity index (χ2n) is 5.41. The third kappa shape index (κ3) is 4.92. The highest BCUT2D eigenvalue weighted by Crippen LogP contribution is 2.41. The summed E-state index contributed by atoms with van der Waals surface area (Å²) in [4.78, 5) is 0. The van der Waals surface area contributed by atoms with Crippen LogP contribution in [0.4, 0.5) is 0 Å². The molecule has 2 rings (SSSR count). The summed E-state index contributed by atoms with van der Waals surface area (Å²) in [5.74, 6) is 0.761. The van der Waals surface area contributed by atoms with Gasteiger partial charge >= 0.3 is 8.80 Å². The van der Waals surface area contributed by atoms with Gasteiger partial charge in [-0.05, 0) is 63.3 Å². The van der Waals surface area contributed by atoms with Crippen molar-refractivity contribution in [2.75, 3.05) is 19.8 Å². The van der Waals surface area contributed by atoms with E-state index in [1.54, 1.807) is 0 Å². The summed E-state index contributed by atoms with van der Waals surface area (Å²) in [7, 11) is -2.43. The molecule has 0 aromatic heterocycles. The van der Waals surface area contributed by atoms with Crippen molar-refractivity contribution in [2.45, 2.75) is 64.7 Å². The van der Waals surface area contributed by atoms with Gasteiger partial charge in [-0.3, -0.25) is 0 Å². The number of hydrogen-bond acceptors (Lipinski definition) is 4. The molecule has 0 N–H and O–H groups in total. The maximum Gasteiger partial charge on any atom is 0.500 e. The van der Waals surface area contributed by atoms with E-state index in [9.17, 15) is 0 Å². The molecule has 0 aromatic rings. The summed E-state index contributed by atoms with van der Waals surface area (Å²) < 4.78 is 23.3. The zero-order valence-electron chi connectivity index (χ0n) is 12.5. The lowest BCUT2D eigenvalue weighted by molar-refractivity contribution is 0.0691. The van der Waals surface area contributed by atoms with E-state index in [4.69, 9.17) is 18.0 Å². The summed E-state index contributed by atoms with van der Waals surface area (Å²) in [5, 5.41) is 0. The van der Waals surface area contributed by atoms with Gasteiger partial charge in [-0.2, -0.15) is 0 Å². The second-order valence-corrected chi connectivity index (χ2v) is 8.14. The average molecular weight is 321 g/mol. The molecule has 1 saturated heterocycles. The van der Waals surface area contributed by atoms with E-state index in [0.717, 1.165) is 18.4 Å². The Morgan fingerprint density at radius 1 is 0.950 bits per heavy atom. The fraction of sp³-hybridized carbons (Fsp3) is 1.00. The molecule has 1 aliphatic heterocycles. The van der Waals surface area contributed by atoms with Crippen molar-refractivity contribution in [1.29, 1.82) is 0 Å². The van der Waals surface area contributed by atoms with Gasteiger partial charge in [0.05, 0.1) is 12.2 Å². The van der Waals surface area contributed by atoms with E-state index in [0.29, 0.717) is 32.0 Å². The van der Waals surface area contributed by atoms with Gasteiger partial charge in [0, 0.05) is 25.9 Å². The molecule has 0 spiro atoms. The molecule has 0 amide bonds. The maximum atomic E-state index is 5.90. The van der Waals surface area contributed by atoms with Crippen LogP contribution < -0.4 is 0 Å². The molecule has 3 atom stereocenters. The zero-order chi connectivity index (χ0) is 13.7. The minimum absolute atomic E-state index is 0. The van der Waals surface area contributed by atoms with Crippen LogP contribution in [-0.2, 0) is 18.0 Å². The molecule has 0 bridgehead atoms. The normalized spacial score (nSPS) is 28.6. The first kappa shape index (κ1) is 18.3. The van der Waals surface area contributed by atoms with Crippen molar-refractivity contribution in [3.63, 3.8) is 0 Å². The molecule has 2 fully saturated rings. The van der Waals surface area contributed by atoms with Crippen LogP contribution in [0.15, 0.2) is 0 Å². The molecular weight excluding hydrogens is 288 g/mol. The molecule has 0 radical (unpaired) electrons. The molecule has 6 heteroatoms.